The fourth-order valence-corrected chi connectivity index (χ4v) is 2.53. The molecular weight excluding hydrogens is 504 g/mol. The molecule has 5 heteroatoms. The van der Waals surface area contributed by atoms with Crippen molar-refractivity contribution in [3.63, 3.8) is 0 Å². The van der Waals surface area contributed by atoms with Crippen molar-refractivity contribution in [2.24, 2.45) is 0 Å². The first-order valence-corrected chi connectivity index (χ1v) is 14.8. The van der Waals surface area contributed by atoms with E-state index in [1.807, 2.05) is 0 Å². The molecule has 0 atom stereocenters. The van der Waals surface area contributed by atoms with E-state index in [2.05, 4.69) is 60.7 Å². The molecule has 0 aromatic heterocycles. The predicted molar refractivity (Wildman–Crippen MR) is 86.6 cm³/mol. The maximum absolute atomic E-state index is 4.95. The van der Waals surface area contributed by atoms with E-state index in [1.54, 1.807) is 0 Å². The summed E-state index contributed by atoms with van der Waals surface area (Å²) < 4.78 is 0. The van der Waals surface area contributed by atoms with Gasteiger partial charge in [-0.25, -0.2) is 0 Å². The zero-order chi connectivity index (χ0) is 13.9. The minimum absolute atomic E-state index is 1.15. The number of hydrogen-bond acceptors (Lipinski definition) is 0. The second-order valence-electron chi connectivity index (χ2n) is 3.64. The van der Waals surface area contributed by atoms with Gasteiger partial charge >= 0.3 is 42.8 Å². The Morgan fingerprint density at radius 2 is 1.00 bits per heavy atom. The van der Waals surface area contributed by atoms with Crippen LogP contribution in [-0.2, 0) is 38.5 Å². The van der Waals surface area contributed by atoms with Crippen LogP contribution in [0, 0.1) is 0 Å². The second kappa shape index (κ2) is 11.1. The molecule has 0 fully saturated rings. The summed E-state index contributed by atoms with van der Waals surface area (Å²) in [7, 11) is 14.9. The molecule has 0 heterocycles. The quantitative estimate of drug-likeness (QED) is 0.294. The van der Waals surface area contributed by atoms with Gasteiger partial charge in [0.2, 0.25) is 0 Å². The summed E-state index contributed by atoms with van der Waals surface area (Å²) in [4.78, 5) is 0. The Kier molecular flexibility index (Phi) is 10.2. The van der Waals surface area contributed by atoms with Crippen LogP contribution in [0.15, 0.2) is 60.7 Å². The van der Waals surface area contributed by atoms with E-state index in [1.165, 1.54) is 22.9 Å². The average molecular weight is 519 g/mol. The molecule has 0 aliphatic rings. The van der Waals surface area contributed by atoms with Crippen molar-refractivity contribution in [2.75, 3.05) is 0 Å². The van der Waals surface area contributed by atoms with E-state index in [4.69, 9.17) is 27.6 Å². The number of benzene rings is 2. The first kappa shape index (κ1) is 17.5. The number of rotatable bonds is 4. The third-order valence-corrected chi connectivity index (χ3v) is 3.45. The van der Waals surface area contributed by atoms with Crippen molar-refractivity contribution >= 4 is 39.3 Å². The van der Waals surface area contributed by atoms with Gasteiger partial charge in [-0.05, 0) is 11.8 Å². The first-order valence-electron chi connectivity index (χ1n) is 5.50. The first-order chi connectivity index (χ1) is 9.18. The molecule has 0 unspecified atom stereocenters. The Morgan fingerprint density at radius 3 is 1.32 bits per heavy atom. The molecule has 0 nitrogen and oxygen atoms in total. The standard InChI is InChI=1S/C14H14S.Au.3ClH/c1-3-7-13(8-4-1)11-15-12-14-9-5-2-6-10-14;;;;/h1-10H,11-12H2;;3*1H/q;+3;;;/p-2. The molecule has 0 radical (unpaired) electrons. The molecule has 0 bridgehead atoms. The van der Waals surface area contributed by atoms with Gasteiger partial charge in [-0.2, -0.15) is 0 Å². The maximum atomic E-state index is 4.95. The topological polar surface area (TPSA) is 0 Å². The van der Waals surface area contributed by atoms with Crippen molar-refractivity contribution in [1.82, 2.24) is 0 Å². The molecular formula is C14H15AuCl3S+. The normalized spacial score (nSPS) is 10.4. The van der Waals surface area contributed by atoms with Gasteiger partial charge in [0.1, 0.15) is 11.5 Å². The van der Waals surface area contributed by atoms with Crippen LogP contribution in [0.5, 0.6) is 0 Å². The minimum atomic E-state index is -1.79. The van der Waals surface area contributed by atoms with Gasteiger partial charge in [0.25, 0.3) is 0 Å². The third-order valence-electron chi connectivity index (χ3n) is 2.27. The van der Waals surface area contributed by atoms with Crippen LogP contribution in [0.2, 0.25) is 0 Å². The van der Waals surface area contributed by atoms with Crippen molar-refractivity contribution in [3.8, 4) is 0 Å². The molecule has 0 saturated heterocycles. The maximum Gasteiger partial charge on any atom is 0.131 e. The summed E-state index contributed by atoms with van der Waals surface area (Å²) in [6.07, 6.45) is 0. The molecule has 19 heavy (non-hydrogen) atoms. The SMILES string of the molecule is [Cl][Au]([Cl])[Cl].c1ccc(C[SH+]Cc2ccccc2)cc1. The molecule has 0 amide bonds. The summed E-state index contributed by atoms with van der Waals surface area (Å²) >= 11 is -0.314. The molecule has 0 saturated carbocycles. The van der Waals surface area contributed by atoms with Gasteiger partial charge in [0.15, 0.2) is 0 Å². The minimum Gasteiger partial charge on any atom is -0.0622 e. The molecule has 0 spiro atoms. The Labute approximate surface area is 137 Å². The molecule has 0 aliphatic heterocycles. The number of hydrogen-bond donors (Lipinski definition) is 0. The van der Waals surface area contributed by atoms with Gasteiger partial charge in [-0.1, -0.05) is 60.7 Å². The van der Waals surface area contributed by atoms with Gasteiger partial charge in [-0.3, -0.25) is 0 Å². The van der Waals surface area contributed by atoms with Crippen molar-refractivity contribution < 1.29 is 15.2 Å². The van der Waals surface area contributed by atoms with Crippen LogP contribution in [0.25, 0.3) is 0 Å². The van der Waals surface area contributed by atoms with E-state index in [9.17, 15) is 0 Å². The van der Waals surface area contributed by atoms with Crippen LogP contribution in [-0.4, -0.2) is 0 Å². The Balaban J connectivity index is 0.000000399. The van der Waals surface area contributed by atoms with Crippen molar-refractivity contribution in [3.05, 3.63) is 71.8 Å². The summed E-state index contributed by atoms with van der Waals surface area (Å²) in [5.74, 6) is 2.30. The van der Waals surface area contributed by atoms with Crippen molar-refractivity contribution in [2.45, 2.75) is 11.5 Å². The molecule has 108 valence electrons. The Bertz CT molecular complexity index is 395. The van der Waals surface area contributed by atoms with Crippen LogP contribution in [0.3, 0.4) is 0 Å². The summed E-state index contributed by atoms with van der Waals surface area (Å²) in [5.41, 5.74) is 2.85. The summed E-state index contributed by atoms with van der Waals surface area (Å²) in [6, 6.07) is 21.3. The molecule has 2 aromatic rings. The molecule has 0 N–H and O–H groups in total. The van der Waals surface area contributed by atoms with E-state index in [0.29, 0.717) is 0 Å². The zero-order valence-corrected chi connectivity index (χ0v) is 15.4. The average Bonchev–Trinajstić information content (AvgIpc) is 2.41. The number of thiol groups is 1. The summed E-state index contributed by atoms with van der Waals surface area (Å²) in [6.45, 7) is 0. The fraction of sp³-hybridized carbons (Fsp3) is 0.143. The van der Waals surface area contributed by atoms with E-state index in [0.717, 1.165) is 11.5 Å². The van der Waals surface area contributed by atoms with Crippen LogP contribution in [0.4, 0.5) is 0 Å². The molecule has 0 aliphatic carbocycles. The zero-order valence-electron chi connectivity index (χ0n) is 10.1. The van der Waals surface area contributed by atoms with E-state index < -0.39 is 15.2 Å². The van der Waals surface area contributed by atoms with Crippen LogP contribution >= 0.6 is 27.6 Å². The molecule has 2 aromatic carbocycles. The predicted octanol–water partition coefficient (Wildman–Crippen LogP) is 5.27. The smallest absolute Gasteiger partial charge is 0.0622 e. The second-order valence-corrected chi connectivity index (χ2v) is 14.1. The monoisotopic (exact) mass is 517 g/mol. The Hall–Kier alpha value is 0.400. The van der Waals surface area contributed by atoms with Gasteiger partial charge < -0.3 is 0 Å². The van der Waals surface area contributed by atoms with Crippen LogP contribution < -0.4 is 0 Å². The van der Waals surface area contributed by atoms with Gasteiger partial charge in [0.05, 0.1) is 0 Å². The third kappa shape index (κ3) is 9.86. The Morgan fingerprint density at radius 1 is 0.684 bits per heavy atom. The van der Waals surface area contributed by atoms with E-state index in [-0.39, 0.29) is 0 Å². The summed E-state index contributed by atoms with van der Waals surface area (Å²) in [5, 5.41) is 0. The van der Waals surface area contributed by atoms with Gasteiger partial charge in [-0.15, -0.1) is 0 Å². The largest absolute Gasteiger partial charge is 0.131 e. The number of halogens is 3. The van der Waals surface area contributed by atoms with Crippen molar-refractivity contribution in [1.29, 1.82) is 0 Å². The van der Waals surface area contributed by atoms with E-state index >= 15 is 0 Å². The fourth-order valence-electron chi connectivity index (χ4n) is 1.48. The van der Waals surface area contributed by atoms with Crippen LogP contribution in [0.1, 0.15) is 11.1 Å². The van der Waals surface area contributed by atoms with Gasteiger partial charge in [0, 0.05) is 11.1 Å². The molecule has 2 rings (SSSR count).